The number of carbonyl (C=O) groups is 1. The van der Waals surface area contributed by atoms with Crippen LogP contribution in [0.3, 0.4) is 0 Å². The number of hydrogen-bond acceptors (Lipinski definition) is 3. The molecule has 0 unspecified atom stereocenters. The predicted molar refractivity (Wildman–Crippen MR) is 56.1 cm³/mol. The van der Waals surface area contributed by atoms with Crippen molar-refractivity contribution in [3.05, 3.63) is 16.6 Å². The maximum atomic E-state index is 11.6. The van der Waals surface area contributed by atoms with Crippen LogP contribution in [0.4, 0.5) is 0 Å². The molecule has 0 spiro atoms. The normalized spacial score (nSPS) is 11.5. The van der Waals surface area contributed by atoms with Gasteiger partial charge in [0.1, 0.15) is 11.3 Å². The van der Waals surface area contributed by atoms with Gasteiger partial charge in [-0.1, -0.05) is 0 Å². The summed E-state index contributed by atoms with van der Waals surface area (Å²) in [6, 6.07) is 0. The Morgan fingerprint density at radius 1 is 1.57 bits per heavy atom. The van der Waals surface area contributed by atoms with Crippen LogP contribution in [0.2, 0.25) is 0 Å². The van der Waals surface area contributed by atoms with Crippen molar-refractivity contribution in [1.29, 1.82) is 0 Å². The fraction of sp³-hybridized carbons (Fsp3) is 0.556. The van der Waals surface area contributed by atoms with E-state index in [1.54, 1.807) is 11.6 Å². The minimum atomic E-state index is -0.478. The summed E-state index contributed by atoms with van der Waals surface area (Å²) in [4.78, 5) is 15.5. The lowest BCUT2D eigenvalue weighted by Gasteiger charge is -2.19. The molecule has 78 valence electrons. The van der Waals surface area contributed by atoms with Crippen molar-refractivity contribution in [1.82, 2.24) is 9.55 Å². The number of nitrogens with zero attached hydrogens (tertiary/aromatic N) is 2. The van der Waals surface area contributed by atoms with Gasteiger partial charge in [-0.3, -0.25) is 0 Å². The molecule has 0 N–H and O–H groups in total. The van der Waals surface area contributed by atoms with Crippen LogP contribution in [-0.2, 0) is 11.8 Å². The number of esters is 1. The van der Waals surface area contributed by atoms with Gasteiger partial charge in [-0.2, -0.15) is 0 Å². The molecule has 0 aliphatic rings. The zero-order valence-corrected chi connectivity index (χ0v) is 10.3. The van der Waals surface area contributed by atoms with Crippen molar-refractivity contribution >= 4 is 21.9 Å². The third-order valence-electron chi connectivity index (χ3n) is 1.54. The Hall–Kier alpha value is -0.840. The van der Waals surface area contributed by atoms with E-state index >= 15 is 0 Å². The summed E-state index contributed by atoms with van der Waals surface area (Å²) in [6.45, 7) is 5.49. The highest BCUT2D eigenvalue weighted by Gasteiger charge is 2.20. The van der Waals surface area contributed by atoms with Gasteiger partial charge in [-0.15, -0.1) is 0 Å². The number of rotatable bonds is 1. The van der Waals surface area contributed by atoms with Crippen molar-refractivity contribution in [2.45, 2.75) is 26.4 Å². The number of imidazole rings is 1. The quantitative estimate of drug-likeness (QED) is 0.727. The van der Waals surface area contributed by atoms with Crippen LogP contribution >= 0.6 is 15.9 Å². The lowest BCUT2D eigenvalue weighted by molar-refractivity contribution is 0.00587. The molecular weight excluding hydrogens is 248 g/mol. The Labute approximate surface area is 91.4 Å². The molecule has 0 saturated heterocycles. The van der Waals surface area contributed by atoms with E-state index in [4.69, 9.17) is 4.74 Å². The highest BCUT2D eigenvalue weighted by molar-refractivity contribution is 9.10. The first-order valence-corrected chi connectivity index (χ1v) is 5.01. The van der Waals surface area contributed by atoms with Crippen molar-refractivity contribution in [2.24, 2.45) is 7.05 Å². The van der Waals surface area contributed by atoms with E-state index in [-0.39, 0.29) is 5.97 Å². The van der Waals surface area contributed by atoms with Gasteiger partial charge < -0.3 is 9.30 Å². The Morgan fingerprint density at radius 3 is 2.50 bits per heavy atom. The van der Waals surface area contributed by atoms with E-state index in [2.05, 4.69) is 20.9 Å². The van der Waals surface area contributed by atoms with Crippen LogP contribution in [0.15, 0.2) is 10.9 Å². The maximum absolute atomic E-state index is 11.6. The van der Waals surface area contributed by atoms with Crippen molar-refractivity contribution < 1.29 is 9.53 Å². The topological polar surface area (TPSA) is 44.1 Å². The van der Waals surface area contributed by atoms with E-state index < -0.39 is 5.60 Å². The fourth-order valence-electron chi connectivity index (χ4n) is 0.907. The number of ether oxygens (including phenoxy) is 1. The molecule has 1 heterocycles. The molecule has 1 aromatic rings. The zero-order chi connectivity index (χ0) is 10.9. The molecule has 5 heteroatoms. The molecule has 0 radical (unpaired) electrons. The molecule has 14 heavy (non-hydrogen) atoms. The molecule has 0 bridgehead atoms. The van der Waals surface area contributed by atoms with Crippen LogP contribution in [-0.4, -0.2) is 21.1 Å². The number of hydrogen-bond donors (Lipinski definition) is 0. The highest BCUT2D eigenvalue weighted by Crippen LogP contribution is 2.14. The molecule has 0 atom stereocenters. The predicted octanol–water partition coefficient (Wildman–Crippen LogP) is 2.14. The highest BCUT2D eigenvalue weighted by atomic mass is 79.9. The molecule has 4 nitrogen and oxygen atoms in total. The van der Waals surface area contributed by atoms with Crippen LogP contribution < -0.4 is 0 Å². The molecule has 1 rings (SSSR count). The summed E-state index contributed by atoms with van der Waals surface area (Å²) in [5.74, 6) is -0.363. The Balaban J connectivity index is 2.86. The monoisotopic (exact) mass is 260 g/mol. The molecule has 0 aliphatic heterocycles. The summed E-state index contributed by atoms with van der Waals surface area (Å²) in [6.07, 6.45) is 1.48. The second-order valence-electron chi connectivity index (χ2n) is 3.97. The average Bonchev–Trinajstić information content (AvgIpc) is 2.29. The van der Waals surface area contributed by atoms with Gasteiger partial charge in [0.25, 0.3) is 0 Å². The molecule has 1 aromatic heterocycles. The Bertz CT molecular complexity index is 352. The largest absolute Gasteiger partial charge is 0.455 e. The van der Waals surface area contributed by atoms with Crippen LogP contribution in [0.5, 0.6) is 0 Å². The Kier molecular flexibility index (Phi) is 2.99. The minimum Gasteiger partial charge on any atom is -0.455 e. The van der Waals surface area contributed by atoms with Gasteiger partial charge in [0.2, 0.25) is 0 Å². The van der Waals surface area contributed by atoms with E-state index in [0.29, 0.717) is 10.4 Å². The molecule has 0 fully saturated rings. The minimum absolute atomic E-state index is 0.363. The van der Waals surface area contributed by atoms with Crippen molar-refractivity contribution in [2.75, 3.05) is 0 Å². The van der Waals surface area contributed by atoms with Gasteiger partial charge in [0, 0.05) is 7.05 Å². The maximum Gasteiger partial charge on any atom is 0.357 e. The second kappa shape index (κ2) is 3.73. The summed E-state index contributed by atoms with van der Waals surface area (Å²) >= 11 is 3.21. The molecule has 0 aliphatic carbocycles. The van der Waals surface area contributed by atoms with Crippen LogP contribution in [0.1, 0.15) is 31.3 Å². The molecule has 0 amide bonds. The fourth-order valence-corrected chi connectivity index (χ4v) is 1.20. The van der Waals surface area contributed by atoms with Gasteiger partial charge in [-0.25, -0.2) is 9.78 Å². The first-order valence-electron chi connectivity index (χ1n) is 4.22. The SMILES string of the molecule is Cn1c(C(=O)OC(C)(C)C)cnc1Br. The number of aromatic nitrogens is 2. The third-order valence-corrected chi connectivity index (χ3v) is 2.28. The molecule has 0 saturated carbocycles. The first-order chi connectivity index (χ1) is 6.31. The van der Waals surface area contributed by atoms with Crippen molar-refractivity contribution in [3.8, 4) is 0 Å². The van der Waals surface area contributed by atoms with E-state index in [1.165, 1.54) is 6.20 Å². The van der Waals surface area contributed by atoms with Gasteiger partial charge in [0.05, 0.1) is 6.20 Å². The van der Waals surface area contributed by atoms with Crippen LogP contribution in [0.25, 0.3) is 0 Å². The lowest BCUT2D eigenvalue weighted by Crippen LogP contribution is -2.25. The standard InChI is InChI=1S/C9H13BrN2O2/c1-9(2,3)14-7(13)6-5-11-8(10)12(6)4/h5H,1-4H3. The third kappa shape index (κ3) is 2.57. The molecular formula is C9H13BrN2O2. The molecule has 0 aromatic carbocycles. The summed E-state index contributed by atoms with van der Waals surface area (Å²) < 4.78 is 7.44. The summed E-state index contributed by atoms with van der Waals surface area (Å²) in [5.41, 5.74) is -0.0415. The van der Waals surface area contributed by atoms with E-state index in [1.807, 2.05) is 20.8 Å². The van der Waals surface area contributed by atoms with Crippen LogP contribution in [0, 0.1) is 0 Å². The number of halogens is 1. The number of carbonyl (C=O) groups excluding carboxylic acids is 1. The smallest absolute Gasteiger partial charge is 0.357 e. The van der Waals surface area contributed by atoms with E-state index in [9.17, 15) is 4.79 Å². The average molecular weight is 261 g/mol. The Morgan fingerprint density at radius 2 is 2.14 bits per heavy atom. The first kappa shape index (κ1) is 11.2. The summed E-state index contributed by atoms with van der Waals surface area (Å²) in [7, 11) is 1.75. The van der Waals surface area contributed by atoms with Gasteiger partial charge in [-0.05, 0) is 36.7 Å². The van der Waals surface area contributed by atoms with Gasteiger partial charge in [0.15, 0.2) is 4.73 Å². The lowest BCUT2D eigenvalue weighted by atomic mass is 10.2. The van der Waals surface area contributed by atoms with Crippen molar-refractivity contribution in [3.63, 3.8) is 0 Å². The van der Waals surface area contributed by atoms with Gasteiger partial charge >= 0.3 is 5.97 Å². The second-order valence-corrected chi connectivity index (χ2v) is 4.68. The zero-order valence-electron chi connectivity index (χ0n) is 8.67. The summed E-state index contributed by atoms with van der Waals surface area (Å²) in [5, 5.41) is 0. The van der Waals surface area contributed by atoms with E-state index in [0.717, 1.165) is 0 Å².